The van der Waals surface area contributed by atoms with E-state index in [2.05, 4.69) is 37.4 Å². The molecule has 0 saturated heterocycles. The third kappa shape index (κ3) is 2.93. The van der Waals surface area contributed by atoms with Crippen LogP contribution in [0.4, 0.5) is 10.2 Å². The Kier molecular flexibility index (Phi) is 4.04. The summed E-state index contributed by atoms with van der Waals surface area (Å²) in [5.74, 6) is 0.854. The van der Waals surface area contributed by atoms with Crippen LogP contribution in [-0.2, 0) is 6.42 Å². The highest BCUT2D eigenvalue weighted by atomic mass is 19.1. The van der Waals surface area contributed by atoms with Gasteiger partial charge in [-0.05, 0) is 74.6 Å². The van der Waals surface area contributed by atoms with E-state index in [-0.39, 0.29) is 5.82 Å². The Morgan fingerprint density at radius 2 is 1.84 bits per heavy atom. The Balaban J connectivity index is 1.93. The Morgan fingerprint density at radius 1 is 1.04 bits per heavy atom. The van der Waals surface area contributed by atoms with Crippen molar-refractivity contribution in [1.29, 1.82) is 0 Å². The van der Waals surface area contributed by atoms with Crippen LogP contribution in [0.2, 0.25) is 0 Å². The second-order valence-corrected chi connectivity index (χ2v) is 6.77. The van der Waals surface area contributed by atoms with Crippen molar-refractivity contribution in [3.8, 4) is 16.9 Å². The lowest BCUT2D eigenvalue weighted by atomic mass is 10.0. The van der Waals surface area contributed by atoms with Gasteiger partial charge in [0.25, 0.3) is 0 Å². The molecule has 4 rings (SSSR count). The second-order valence-electron chi connectivity index (χ2n) is 6.77. The van der Waals surface area contributed by atoms with Gasteiger partial charge >= 0.3 is 0 Å². The topological polar surface area (TPSA) is 29.9 Å². The van der Waals surface area contributed by atoms with Crippen LogP contribution in [0.25, 0.3) is 16.9 Å². The fourth-order valence-corrected chi connectivity index (χ4v) is 3.46. The SMILES string of the molecule is Cc1ccc(C)c(-n2nc(-c3ccc(F)cc3)c3c2NCCCC3)c1. The van der Waals surface area contributed by atoms with Crippen molar-refractivity contribution in [2.45, 2.75) is 33.1 Å². The number of halogens is 1. The molecular weight excluding hydrogens is 313 g/mol. The van der Waals surface area contributed by atoms with E-state index in [1.807, 2.05) is 16.8 Å². The molecule has 0 fully saturated rings. The Labute approximate surface area is 147 Å². The standard InChI is InChI=1S/C21H22FN3/c1-14-6-7-15(2)19(13-14)25-21-18(5-3-4-12-23-21)20(24-25)16-8-10-17(22)11-9-16/h6-11,13,23H,3-5,12H2,1-2H3. The molecule has 128 valence electrons. The Bertz CT molecular complexity index is 910. The molecule has 1 aliphatic rings. The summed E-state index contributed by atoms with van der Waals surface area (Å²) >= 11 is 0. The fraction of sp³-hybridized carbons (Fsp3) is 0.286. The number of hydrogen-bond acceptors (Lipinski definition) is 2. The van der Waals surface area contributed by atoms with Crippen LogP contribution in [0.15, 0.2) is 42.5 Å². The predicted octanol–water partition coefficient (Wildman–Crippen LogP) is 5.04. The number of aromatic nitrogens is 2. The fourth-order valence-electron chi connectivity index (χ4n) is 3.46. The first-order valence-electron chi connectivity index (χ1n) is 8.83. The van der Waals surface area contributed by atoms with Crippen molar-refractivity contribution in [2.75, 3.05) is 11.9 Å². The van der Waals surface area contributed by atoms with E-state index in [1.165, 1.54) is 28.8 Å². The van der Waals surface area contributed by atoms with E-state index in [0.717, 1.165) is 48.6 Å². The maximum Gasteiger partial charge on any atom is 0.133 e. The number of aryl methyl sites for hydroxylation is 2. The van der Waals surface area contributed by atoms with Crippen molar-refractivity contribution in [3.05, 3.63) is 65.0 Å². The third-order valence-corrected chi connectivity index (χ3v) is 4.84. The maximum absolute atomic E-state index is 13.3. The van der Waals surface area contributed by atoms with Crippen molar-refractivity contribution in [1.82, 2.24) is 9.78 Å². The molecule has 0 unspecified atom stereocenters. The number of rotatable bonds is 2. The van der Waals surface area contributed by atoms with Gasteiger partial charge in [-0.25, -0.2) is 9.07 Å². The minimum Gasteiger partial charge on any atom is -0.370 e. The molecule has 1 aromatic heterocycles. The molecule has 3 nitrogen and oxygen atoms in total. The third-order valence-electron chi connectivity index (χ3n) is 4.84. The van der Waals surface area contributed by atoms with Gasteiger partial charge in [-0.3, -0.25) is 0 Å². The summed E-state index contributed by atoms with van der Waals surface area (Å²) in [7, 11) is 0. The average molecular weight is 335 g/mol. The number of anilines is 1. The summed E-state index contributed by atoms with van der Waals surface area (Å²) in [5, 5.41) is 8.50. The number of nitrogens with zero attached hydrogens (tertiary/aromatic N) is 2. The van der Waals surface area contributed by atoms with Gasteiger partial charge in [-0.2, -0.15) is 5.10 Å². The quantitative estimate of drug-likeness (QED) is 0.711. The summed E-state index contributed by atoms with van der Waals surface area (Å²) in [6.45, 7) is 5.16. The summed E-state index contributed by atoms with van der Waals surface area (Å²) in [6.07, 6.45) is 3.26. The first kappa shape index (κ1) is 15.9. The molecule has 0 amide bonds. The zero-order valence-corrected chi connectivity index (χ0v) is 14.6. The zero-order valence-electron chi connectivity index (χ0n) is 14.6. The van der Waals surface area contributed by atoms with Crippen LogP contribution < -0.4 is 5.32 Å². The number of hydrogen-bond donors (Lipinski definition) is 1. The van der Waals surface area contributed by atoms with Crippen LogP contribution in [0.1, 0.15) is 29.5 Å². The van der Waals surface area contributed by atoms with Gasteiger partial charge < -0.3 is 5.32 Å². The second kappa shape index (κ2) is 6.36. The highest BCUT2D eigenvalue weighted by molar-refractivity contribution is 5.71. The molecule has 2 heterocycles. The maximum atomic E-state index is 13.3. The van der Waals surface area contributed by atoms with Crippen molar-refractivity contribution in [2.24, 2.45) is 0 Å². The molecule has 0 saturated carbocycles. The summed E-state index contributed by atoms with van der Waals surface area (Å²) in [5.41, 5.74) is 6.63. The lowest BCUT2D eigenvalue weighted by molar-refractivity contribution is 0.628. The van der Waals surface area contributed by atoms with E-state index in [9.17, 15) is 4.39 Å². The molecule has 1 aliphatic heterocycles. The minimum absolute atomic E-state index is 0.220. The van der Waals surface area contributed by atoms with E-state index < -0.39 is 0 Å². The van der Waals surface area contributed by atoms with Crippen molar-refractivity contribution >= 4 is 5.82 Å². The van der Waals surface area contributed by atoms with E-state index in [4.69, 9.17) is 5.10 Å². The largest absolute Gasteiger partial charge is 0.370 e. The normalized spacial score (nSPS) is 13.9. The van der Waals surface area contributed by atoms with Crippen LogP contribution in [0.5, 0.6) is 0 Å². The van der Waals surface area contributed by atoms with Gasteiger partial charge in [0.05, 0.1) is 11.4 Å². The van der Waals surface area contributed by atoms with Gasteiger partial charge in [0, 0.05) is 17.7 Å². The van der Waals surface area contributed by atoms with E-state index in [0.29, 0.717) is 0 Å². The molecule has 0 bridgehead atoms. The summed E-state index contributed by atoms with van der Waals surface area (Å²) < 4.78 is 15.4. The predicted molar refractivity (Wildman–Crippen MR) is 99.9 cm³/mol. The monoisotopic (exact) mass is 335 g/mol. The number of benzene rings is 2. The Hall–Kier alpha value is -2.62. The van der Waals surface area contributed by atoms with Gasteiger partial charge in [-0.15, -0.1) is 0 Å². The molecule has 0 spiro atoms. The molecular formula is C21H22FN3. The zero-order chi connectivity index (χ0) is 17.4. The molecule has 0 aliphatic carbocycles. The van der Waals surface area contributed by atoms with Crippen LogP contribution in [0, 0.1) is 19.7 Å². The van der Waals surface area contributed by atoms with Crippen molar-refractivity contribution < 1.29 is 4.39 Å². The van der Waals surface area contributed by atoms with E-state index in [1.54, 1.807) is 0 Å². The number of fused-ring (bicyclic) bond motifs is 1. The molecule has 0 radical (unpaired) electrons. The highest BCUT2D eigenvalue weighted by Gasteiger charge is 2.22. The average Bonchev–Trinajstić information content (AvgIpc) is 2.79. The molecule has 0 atom stereocenters. The summed E-state index contributed by atoms with van der Waals surface area (Å²) in [6, 6.07) is 13.1. The minimum atomic E-state index is -0.220. The van der Waals surface area contributed by atoms with Crippen molar-refractivity contribution in [3.63, 3.8) is 0 Å². The van der Waals surface area contributed by atoms with E-state index >= 15 is 0 Å². The first-order valence-corrected chi connectivity index (χ1v) is 8.83. The lowest BCUT2D eigenvalue weighted by Gasteiger charge is -2.12. The van der Waals surface area contributed by atoms with Gasteiger partial charge in [0.15, 0.2) is 0 Å². The van der Waals surface area contributed by atoms with Crippen LogP contribution in [0.3, 0.4) is 0 Å². The lowest BCUT2D eigenvalue weighted by Crippen LogP contribution is -2.08. The van der Waals surface area contributed by atoms with Gasteiger partial charge in [0.2, 0.25) is 0 Å². The highest BCUT2D eigenvalue weighted by Crippen LogP contribution is 2.34. The van der Waals surface area contributed by atoms with Gasteiger partial charge in [-0.1, -0.05) is 12.1 Å². The molecule has 25 heavy (non-hydrogen) atoms. The van der Waals surface area contributed by atoms with Crippen LogP contribution >= 0.6 is 0 Å². The summed E-state index contributed by atoms with van der Waals surface area (Å²) in [4.78, 5) is 0. The number of nitrogens with one attached hydrogen (secondary N) is 1. The molecule has 1 N–H and O–H groups in total. The Morgan fingerprint density at radius 3 is 2.64 bits per heavy atom. The molecule has 4 heteroatoms. The van der Waals surface area contributed by atoms with Gasteiger partial charge in [0.1, 0.15) is 11.6 Å². The molecule has 2 aromatic carbocycles. The smallest absolute Gasteiger partial charge is 0.133 e. The first-order chi connectivity index (χ1) is 12.1. The molecule has 3 aromatic rings. The van der Waals surface area contributed by atoms with Crippen LogP contribution in [-0.4, -0.2) is 16.3 Å².